The van der Waals surface area contributed by atoms with Crippen molar-refractivity contribution in [1.29, 1.82) is 0 Å². The van der Waals surface area contributed by atoms with E-state index in [4.69, 9.17) is 5.11 Å². The molecule has 57 valence electrons. The maximum Gasteiger partial charge on any atom is 0.119 e. The third-order valence-corrected chi connectivity index (χ3v) is 1.46. The SMILES string of the molecule is C=C[C](O)Cc1ccccc1. The third kappa shape index (κ3) is 2.56. The van der Waals surface area contributed by atoms with Gasteiger partial charge in [-0.05, 0) is 5.56 Å². The molecule has 0 aliphatic rings. The molecule has 1 N–H and O–H groups in total. The van der Waals surface area contributed by atoms with Gasteiger partial charge >= 0.3 is 0 Å². The molecule has 1 aromatic rings. The molecule has 1 aromatic carbocycles. The average Bonchev–Trinajstić information content (AvgIpc) is 2.06. The van der Waals surface area contributed by atoms with E-state index >= 15 is 0 Å². The Kier molecular flexibility index (Phi) is 2.87. The second-order valence-electron chi connectivity index (χ2n) is 2.36. The minimum absolute atomic E-state index is 0.316. The van der Waals surface area contributed by atoms with Gasteiger partial charge in [0.2, 0.25) is 0 Å². The summed E-state index contributed by atoms with van der Waals surface area (Å²) in [6.07, 6.45) is 2.35. The largest absolute Gasteiger partial charge is 0.382 e. The molecule has 0 fully saturated rings. The van der Waals surface area contributed by atoms with Gasteiger partial charge in [-0.1, -0.05) is 36.4 Å². The summed E-state index contributed by atoms with van der Waals surface area (Å²) in [6, 6.07) is 9.80. The highest BCUT2D eigenvalue weighted by atomic mass is 16.3. The van der Waals surface area contributed by atoms with Crippen LogP contribution in [-0.4, -0.2) is 5.11 Å². The zero-order chi connectivity index (χ0) is 8.10. The van der Waals surface area contributed by atoms with Crippen LogP contribution in [0, 0.1) is 6.10 Å². The molecular formula is C10H11O. The summed E-state index contributed by atoms with van der Waals surface area (Å²) >= 11 is 0. The third-order valence-electron chi connectivity index (χ3n) is 1.46. The summed E-state index contributed by atoms with van der Waals surface area (Å²) in [5.41, 5.74) is 1.10. The summed E-state index contributed by atoms with van der Waals surface area (Å²) in [5.74, 6) is 0. The molecular weight excluding hydrogens is 136 g/mol. The molecule has 0 bridgehead atoms. The summed E-state index contributed by atoms with van der Waals surface area (Å²) in [5, 5.41) is 9.11. The highest BCUT2D eigenvalue weighted by Crippen LogP contribution is 2.07. The lowest BCUT2D eigenvalue weighted by Crippen LogP contribution is -1.95. The highest BCUT2D eigenvalue weighted by Gasteiger charge is 1.99. The van der Waals surface area contributed by atoms with E-state index in [1.165, 1.54) is 6.08 Å². The Bertz CT molecular complexity index is 216. The lowest BCUT2D eigenvalue weighted by Gasteiger charge is -2.02. The van der Waals surface area contributed by atoms with Gasteiger partial charge in [0.15, 0.2) is 0 Å². The Balaban J connectivity index is 2.57. The molecule has 0 saturated heterocycles. The van der Waals surface area contributed by atoms with Crippen LogP contribution in [-0.2, 0) is 6.42 Å². The van der Waals surface area contributed by atoms with E-state index in [9.17, 15) is 0 Å². The minimum atomic E-state index is 0.316. The molecule has 1 nitrogen and oxygen atoms in total. The van der Waals surface area contributed by atoms with Crippen molar-refractivity contribution in [2.75, 3.05) is 0 Å². The van der Waals surface area contributed by atoms with Crippen LogP contribution in [0.2, 0.25) is 0 Å². The fourth-order valence-corrected chi connectivity index (χ4v) is 0.877. The molecule has 0 saturated carbocycles. The van der Waals surface area contributed by atoms with Crippen molar-refractivity contribution in [3.05, 3.63) is 54.7 Å². The Morgan fingerprint density at radius 3 is 2.55 bits per heavy atom. The molecule has 0 aliphatic carbocycles. The number of benzene rings is 1. The Labute approximate surface area is 67.0 Å². The average molecular weight is 147 g/mol. The van der Waals surface area contributed by atoms with Gasteiger partial charge in [-0.2, -0.15) is 0 Å². The second kappa shape index (κ2) is 3.94. The Hall–Kier alpha value is -1.08. The maximum atomic E-state index is 9.11. The smallest absolute Gasteiger partial charge is 0.119 e. The van der Waals surface area contributed by atoms with Crippen molar-refractivity contribution in [1.82, 2.24) is 0 Å². The minimum Gasteiger partial charge on any atom is -0.382 e. The van der Waals surface area contributed by atoms with Gasteiger partial charge in [-0.15, -0.1) is 6.58 Å². The summed E-state index contributed by atoms with van der Waals surface area (Å²) in [4.78, 5) is 0. The number of aliphatic hydroxyl groups is 1. The summed E-state index contributed by atoms with van der Waals surface area (Å²) in [7, 11) is 0. The maximum absolute atomic E-state index is 9.11. The van der Waals surface area contributed by atoms with Crippen LogP contribution in [0.1, 0.15) is 5.56 Å². The van der Waals surface area contributed by atoms with E-state index in [0.29, 0.717) is 12.5 Å². The van der Waals surface area contributed by atoms with Crippen LogP contribution >= 0.6 is 0 Å². The lowest BCUT2D eigenvalue weighted by molar-refractivity contribution is 0.330. The molecule has 0 aromatic heterocycles. The summed E-state index contributed by atoms with van der Waals surface area (Å²) in [6.45, 7) is 3.47. The van der Waals surface area contributed by atoms with Gasteiger partial charge in [-0.3, -0.25) is 0 Å². The zero-order valence-electron chi connectivity index (χ0n) is 6.33. The van der Waals surface area contributed by atoms with E-state index in [1.807, 2.05) is 30.3 Å². The molecule has 1 heteroatoms. The first-order chi connectivity index (χ1) is 5.33. The van der Waals surface area contributed by atoms with Gasteiger partial charge in [0, 0.05) is 6.42 Å². The van der Waals surface area contributed by atoms with Crippen molar-refractivity contribution < 1.29 is 5.11 Å². The van der Waals surface area contributed by atoms with Gasteiger partial charge in [0.25, 0.3) is 0 Å². The molecule has 1 rings (SSSR count). The van der Waals surface area contributed by atoms with Crippen LogP contribution in [0.15, 0.2) is 43.0 Å². The zero-order valence-corrected chi connectivity index (χ0v) is 6.33. The van der Waals surface area contributed by atoms with E-state index < -0.39 is 0 Å². The highest BCUT2D eigenvalue weighted by molar-refractivity contribution is 5.19. The lowest BCUT2D eigenvalue weighted by atomic mass is 10.1. The molecule has 1 radical (unpaired) electrons. The topological polar surface area (TPSA) is 20.2 Å². The van der Waals surface area contributed by atoms with Crippen molar-refractivity contribution in [2.24, 2.45) is 0 Å². The first-order valence-electron chi connectivity index (χ1n) is 3.54. The Morgan fingerprint density at radius 2 is 2.00 bits per heavy atom. The standard InChI is InChI=1S/C10H11O/c1-2-10(11)8-9-6-4-3-5-7-9/h2-7,11H,1,8H2. The number of aliphatic hydroxyl groups excluding tert-OH is 1. The normalized spacial score (nSPS) is 10.0. The van der Waals surface area contributed by atoms with Crippen LogP contribution < -0.4 is 0 Å². The van der Waals surface area contributed by atoms with Crippen LogP contribution in [0.4, 0.5) is 0 Å². The van der Waals surface area contributed by atoms with Crippen LogP contribution in [0.3, 0.4) is 0 Å². The fraction of sp³-hybridized carbons (Fsp3) is 0.100. The van der Waals surface area contributed by atoms with Gasteiger partial charge in [-0.25, -0.2) is 0 Å². The van der Waals surface area contributed by atoms with Crippen LogP contribution in [0.25, 0.3) is 0 Å². The predicted molar refractivity (Wildman–Crippen MR) is 45.5 cm³/mol. The molecule has 11 heavy (non-hydrogen) atoms. The fourth-order valence-electron chi connectivity index (χ4n) is 0.877. The molecule has 0 aliphatic heterocycles. The van der Waals surface area contributed by atoms with Crippen molar-refractivity contribution in [2.45, 2.75) is 6.42 Å². The predicted octanol–water partition coefficient (Wildman–Crippen LogP) is 2.32. The van der Waals surface area contributed by atoms with E-state index in [0.717, 1.165) is 5.56 Å². The van der Waals surface area contributed by atoms with Crippen molar-refractivity contribution in [3.63, 3.8) is 0 Å². The van der Waals surface area contributed by atoms with Gasteiger partial charge in [0.1, 0.15) is 6.10 Å². The number of hydrogen-bond acceptors (Lipinski definition) is 1. The van der Waals surface area contributed by atoms with E-state index in [1.54, 1.807) is 0 Å². The molecule has 0 spiro atoms. The first-order valence-corrected chi connectivity index (χ1v) is 3.54. The Morgan fingerprint density at radius 1 is 1.36 bits per heavy atom. The molecule has 0 unspecified atom stereocenters. The van der Waals surface area contributed by atoms with Crippen LogP contribution in [0.5, 0.6) is 0 Å². The second-order valence-corrected chi connectivity index (χ2v) is 2.36. The number of hydrogen-bond donors (Lipinski definition) is 1. The summed E-state index contributed by atoms with van der Waals surface area (Å²) < 4.78 is 0. The first kappa shape index (κ1) is 8.02. The van der Waals surface area contributed by atoms with E-state index in [2.05, 4.69) is 6.58 Å². The number of rotatable bonds is 3. The monoisotopic (exact) mass is 147 g/mol. The quantitative estimate of drug-likeness (QED) is 0.695. The molecule has 0 amide bonds. The van der Waals surface area contributed by atoms with Gasteiger partial charge in [0.05, 0.1) is 0 Å². The molecule has 0 atom stereocenters. The van der Waals surface area contributed by atoms with E-state index in [-0.39, 0.29) is 0 Å². The van der Waals surface area contributed by atoms with Crippen molar-refractivity contribution >= 4 is 0 Å². The van der Waals surface area contributed by atoms with Crippen molar-refractivity contribution in [3.8, 4) is 0 Å². The molecule has 0 heterocycles. The van der Waals surface area contributed by atoms with Gasteiger partial charge < -0.3 is 5.11 Å².